The van der Waals surface area contributed by atoms with Crippen molar-refractivity contribution in [2.45, 2.75) is 13.1 Å². The zero-order valence-electron chi connectivity index (χ0n) is 12.5. The number of carbonyl (C=O) groups excluding carboxylic acids is 1. The molecule has 0 spiro atoms. The van der Waals surface area contributed by atoms with Gasteiger partial charge in [0.1, 0.15) is 22.7 Å². The molecule has 3 rings (SSSR count). The van der Waals surface area contributed by atoms with Crippen LogP contribution in [0.1, 0.15) is 11.4 Å². The molecule has 2 N–H and O–H groups in total. The summed E-state index contributed by atoms with van der Waals surface area (Å²) in [4.78, 5) is 18.6. The van der Waals surface area contributed by atoms with E-state index in [-0.39, 0.29) is 12.4 Å². The smallest absolute Gasteiger partial charge is 0.407 e. The van der Waals surface area contributed by atoms with Gasteiger partial charge in [-0.1, -0.05) is 0 Å². The summed E-state index contributed by atoms with van der Waals surface area (Å²) < 4.78 is 19.4. The van der Waals surface area contributed by atoms with E-state index in [9.17, 15) is 9.18 Å². The second kappa shape index (κ2) is 6.43. The lowest BCUT2D eigenvalue weighted by Crippen LogP contribution is -2.33. The number of benzene rings is 1. The number of ether oxygens (including phenoxy) is 1. The minimum Gasteiger partial charge on any atom is -0.453 e. The summed E-state index contributed by atoms with van der Waals surface area (Å²) in [6.07, 6.45) is 3.33. The highest BCUT2D eigenvalue weighted by molar-refractivity contribution is 5.73. The molecule has 0 aliphatic heterocycles. The fourth-order valence-electron chi connectivity index (χ4n) is 2.26. The molecule has 0 radical (unpaired) electrons. The highest BCUT2D eigenvalue weighted by atomic mass is 19.1. The number of amides is 1. The van der Waals surface area contributed by atoms with Crippen LogP contribution in [0.2, 0.25) is 0 Å². The van der Waals surface area contributed by atoms with Crippen LogP contribution in [-0.2, 0) is 17.8 Å². The molecule has 0 aliphatic rings. The topological polar surface area (TPSA) is 70.9 Å². The van der Waals surface area contributed by atoms with Gasteiger partial charge in [0.15, 0.2) is 18.9 Å². The molecule has 7 heteroatoms. The number of methoxy groups -OCH3 is 1. The number of rotatable bonds is 4. The maximum absolute atomic E-state index is 12.9. The number of pyridine rings is 1. The van der Waals surface area contributed by atoms with Crippen molar-refractivity contribution in [1.29, 1.82) is 0 Å². The van der Waals surface area contributed by atoms with Gasteiger partial charge in [0.25, 0.3) is 0 Å². The monoisotopic (exact) mass is 315 g/mol. The number of imidazole rings is 1. The van der Waals surface area contributed by atoms with E-state index < -0.39 is 6.09 Å². The normalized spacial score (nSPS) is 10.7. The van der Waals surface area contributed by atoms with Gasteiger partial charge in [0.2, 0.25) is 0 Å². The van der Waals surface area contributed by atoms with Gasteiger partial charge in [0, 0.05) is 11.6 Å². The number of fused-ring (bicyclic) bond motifs is 1. The lowest BCUT2D eigenvalue weighted by atomic mass is 10.2. The Bertz CT molecular complexity index is 830. The van der Waals surface area contributed by atoms with E-state index in [1.165, 1.54) is 19.2 Å². The molecule has 0 atom stereocenters. The van der Waals surface area contributed by atoms with Crippen LogP contribution in [-0.4, -0.2) is 23.2 Å². The molecule has 2 aromatic heterocycles. The Kier molecular flexibility index (Phi) is 4.18. The third-order valence-electron chi connectivity index (χ3n) is 3.39. The van der Waals surface area contributed by atoms with Gasteiger partial charge in [-0.05, 0) is 24.3 Å². The van der Waals surface area contributed by atoms with Gasteiger partial charge in [-0.3, -0.25) is 0 Å². The minimum absolute atomic E-state index is 0.245. The van der Waals surface area contributed by atoms with E-state index >= 15 is 0 Å². The maximum atomic E-state index is 12.9. The molecule has 0 bridgehead atoms. The SMILES string of the molecule is COC(=O)NCc1nc2cc[n+](Cc3ccc(F)cc3)cc2[nH]1. The van der Waals surface area contributed by atoms with Gasteiger partial charge in [0.05, 0.1) is 13.7 Å². The van der Waals surface area contributed by atoms with E-state index in [0.717, 1.165) is 16.6 Å². The lowest BCUT2D eigenvalue weighted by molar-refractivity contribution is -0.687. The van der Waals surface area contributed by atoms with Gasteiger partial charge in [-0.2, -0.15) is 4.57 Å². The number of hydrogen-bond donors (Lipinski definition) is 2. The van der Waals surface area contributed by atoms with Crippen molar-refractivity contribution in [3.05, 3.63) is 59.9 Å². The Balaban J connectivity index is 1.76. The molecule has 0 unspecified atom stereocenters. The number of nitrogens with zero attached hydrogens (tertiary/aromatic N) is 2. The highest BCUT2D eigenvalue weighted by Gasteiger charge is 2.10. The Hall–Kier alpha value is -2.96. The fourth-order valence-corrected chi connectivity index (χ4v) is 2.26. The summed E-state index contributed by atoms with van der Waals surface area (Å²) >= 11 is 0. The minimum atomic E-state index is -0.503. The maximum Gasteiger partial charge on any atom is 0.407 e. The number of carbonyl (C=O) groups is 1. The molecule has 2 heterocycles. The molecule has 23 heavy (non-hydrogen) atoms. The number of hydrogen-bond acceptors (Lipinski definition) is 3. The summed E-state index contributed by atoms with van der Waals surface area (Å²) in [7, 11) is 1.31. The first-order chi connectivity index (χ1) is 11.1. The summed E-state index contributed by atoms with van der Waals surface area (Å²) in [5.74, 6) is 0.399. The van der Waals surface area contributed by atoms with E-state index in [1.54, 1.807) is 12.1 Å². The Labute approximate surface area is 131 Å². The quantitative estimate of drug-likeness (QED) is 0.722. The predicted octanol–water partition coefficient (Wildman–Crippen LogP) is 1.89. The van der Waals surface area contributed by atoms with Crippen LogP contribution < -0.4 is 9.88 Å². The summed E-state index contributed by atoms with van der Waals surface area (Å²) in [6, 6.07) is 8.29. The average Bonchev–Trinajstić information content (AvgIpc) is 2.97. The molecule has 0 saturated heterocycles. The van der Waals surface area contributed by atoms with Crippen LogP contribution >= 0.6 is 0 Å². The van der Waals surface area contributed by atoms with Crippen LogP contribution in [0.15, 0.2) is 42.7 Å². The number of halogens is 1. The van der Waals surface area contributed by atoms with Crippen molar-refractivity contribution in [3.8, 4) is 0 Å². The van der Waals surface area contributed by atoms with E-state index in [2.05, 4.69) is 20.0 Å². The van der Waals surface area contributed by atoms with E-state index in [1.807, 2.05) is 23.0 Å². The van der Waals surface area contributed by atoms with Crippen molar-refractivity contribution in [2.24, 2.45) is 0 Å². The first kappa shape index (κ1) is 15.0. The van der Waals surface area contributed by atoms with Crippen molar-refractivity contribution in [3.63, 3.8) is 0 Å². The highest BCUT2D eigenvalue weighted by Crippen LogP contribution is 2.09. The largest absolute Gasteiger partial charge is 0.453 e. The molecular weight excluding hydrogens is 299 g/mol. The van der Waals surface area contributed by atoms with Gasteiger partial charge < -0.3 is 15.0 Å². The van der Waals surface area contributed by atoms with Crippen LogP contribution in [0.3, 0.4) is 0 Å². The average molecular weight is 315 g/mol. The Morgan fingerprint density at radius 2 is 2.13 bits per heavy atom. The molecule has 1 amide bonds. The molecule has 3 aromatic rings. The number of aromatic amines is 1. The molecule has 0 saturated carbocycles. The van der Waals surface area contributed by atoms with Crippen molar-refractivity contribution >= 4 is 17.1 Å². The first-order valence-electron chi connectivity index (χ1n) is 7.08. The van der Waals surface area contributed by atoms with Gasteiger partial charge in [-0.25, -0.2) is 14.2 Å². The molecule has 1 aromatic carbocycles. The van der Waals surface area contributed by atoms with Crippen molar-refractivity contribution < 1.29 is 18.5 Å². The predicted molar refractivity (Wildman–Crippen MR) is 81.0 cm³/mol. The molecule has 118 valence electrons. The summed E-state index contributed by atoms with van der Waals surface area (Å²) in [6.45, 7) is 0.893. The third kappa shape index (κ3) is 3.63. The molecule has 0 fully saturated rings. The third-order valence-corrected chi connectivity index (χ3v) is 3.39. The lowest BCUT2D eigenvalue weighted by Gasteiger charge is -1.99. The summed E-state index contributed by atoms with van der Waals surface area (Å²) in [5.41, 5.74) is 2.67. The number of H-pyrrole nitrogens is 1. The summed E-state index contributed by atoms with van der Waals surface area (Å²) in [5, 5.41) is 2.57. The van der Waals surface area contributed by atoms with Crippen LogP contribution in [0.4, 0.5) is 9.18 Å². The number of alkyl carbamates (subject to hydrolysis) is 1. The molecule has 0 aliphatic carbocycles. The fraction of sp³-hybridized carbons (Fsp3) is 0.188. The zero-order valence-corrected chi connectivity index (χ0v) is 12.5. The molecular formula is C16H16FN4O2+. The zero-order chi connectivity index (χ0) is 16.2. The van der Waals surface area contributed by atoms with Crippen LogP contribution in [0.5, 0.6) is 0 Å². The van der Waals surface area contributed by atoms with Crippen LogP contribution in [0, 0.1) is 5.82 Å². The van der Waals surface area contributed by atoms with Crippen molar-refractivity contribution in [2.75, 3.05) is 7.11 Å². The number of nitrogens with one attached hydrogen (secondary N) is 2. The Morgan fingerprint density at radius 3 is 2.87 bits per heavy atom. The van der Waals surface area contributed by atoms with Gasteiger partial charge >= 0.3 is 6.09 Å². The molecule has 6 nitrogen and oxygen atoms in total. The second-order valence-corrected chi connectivity index (χ2v) is 5.07. The van der Waals surface area contributed by atoms with Crippen LogP contribution in [0.25, 0.3) is 11.0 Å². The van der Waals surface area contributed by atoms with E-state index in [4.69, 9.17) is 0 Å². The van der Waals surface area contributed by atoms with E-state index in [0.29, 0.717) is 12.4 Å². The Morgan fingerprint density at radius 1 is 1.35 bits per heavy atom. The first-order valence-corrected chi connectivity index (χ1v) is 7.08. The number of aromatic nitrogens is 3. The van der Waals surface area contributed by atoms with Crippen molar-refractivity contribution in [1.82, 2.24) is 15.3 Å². The standard InChI is InChI=1S/C16H15FN4O2/c1-23-16(22)18-8-15-19-13-6-7-21(10-14(13)20-15)9-11-2-4-12(17)5-3-11/h2-7,10H,8-9H2,1H3,(H,18,22)/p+1. The van der Waals surface area contributed by atoms with Gasteiger partial charge in [-0.15, -0.1) is 0 Å². The second-order valence-electron chi connectivity index (χ2n) is 5.07.